The van der Waals surface area contributed by atoms with Gasteiger partial charge in [0.15, 0.2) is 0 Å². The molecule has 9 rings (SSSR count). The molecule has 2 N–H and O–H groups in total. The molecule has 2 aliphatic heterocycles. The number of nitrogens with one attached hydrogen (secondary N) is 1. The van der Waals surface area contributed by atoms with Gasteiger partial charge in [0.05, 0.1) is 17.8 Å². The molecule has 48 heavy (non-hydrogen) atoms. The van der Waals surface area contributed by atoms with Crippen molar-refractivity contribution in [2.75, 3.05) is 13.2 Å². The maximum absolute atomic E-state index is 11.0. The molecule has 5 nitrogen and oxygen atoms in total. The van der Waals surface area contributed by atoms with Gasteiger partial charge in [0.2, 0.25) is 0 Å². The highest BCUT2D eigenvalue weighted by Gasteiger charge is 2.60. The summed E-state index contributed by atoms with van der Waals surface area (Å²) in [5.41, 5.74) is 10.3. The summed E-state index contributed by atoms with van der Waals surface area (Å²) in [6.45, 7) is 12.8. The molecule has 2 saturated heterocycles. The molecule has 2 heterocycles. The molecule has 256 valence electrons. The number of piperidine rings is 1. The molecule has 5 heteroatoms. The van der Waals surface area contributed by atoms with Crippen LogP contribution >= 0.6 is 0 Å². The summed E-state index contributed by atoms with van der Waals surface area (Å²) in [7, 11) is 0. The quantitative estimate of drug-likeness (QED) is 0.253. The minimum atomic E-state index is -0.225. The number of aliphatic hydroxyl groups is 1. The highest BCUT2D eigenvalue weighted by Crippen LogP contribution is 2.65. The van der Waals surface area contributed by atoms with E-state index in [0.717, 1.165) is 43.1 Å². The fraction of sp³-hybridized carbons (Fsp3) is 0.605. The number of allylic oxidation sites excluding steroid dienone is 2. The number of hydrogen-bond acceptors (Lipinski definition) is 5. The SMILES string of the molecule is CC(=O)OCC1c2ccccc2-c2ccccc21.CC1=C2C[C@H]3[C@@H](CC=C4C[C@@H](O)CC[C@@]43C)[C@@H]2CC[C@]12O[C@@H]1C[C@H](C)CN[C@H]1[C@H]2C. The van der Waals surface area contributed by atoms with Gasteiger partial charge in [-0.3, -0.25) is 4.79 Å². The zero-order valence-corrected chi connectivity index (χ0v) is 29.6. The number of aliphatic hydroxyl groups excluding tert-OH is 1. The summed E-state index contributed by atoms with van der Waals surface area (Å²) in [5.74, 6) is 3.59. The van der Waals surface area contributed by atoms with E-state index in [1.54, 1.807) is 16.7 Å². The van der Waals surface area contributed by atoms with Crippen molar-refractivity contribution in [1.29, 1.82) is 0 Å². The monoisotopic (exact) mass is 649 g/mol. The molecule has 0 unspecified atom stereocenters. The Labute approximate surface area is 287 Å². The van der Waals surface area contributed by atoms with Crippen LogP contribution in [0.1, 0.15) is 103 Å². The zero-order chi connectivity index (χ0) is 33.4. The van der Waals surface area contributed by atoms with Crippen LogP contribution in [-0.4, -0.2) is 48.1 Å². The molecule has 0 radical (unpaired) electrons. The van der Waals surface area contributed by atoms with Crippen molar-refractivity contribution in [2.45, 2.75) is 116 Å². The van der Waals surface area contributed by atoms with E-state index >= 15 is 0 Å². The van der Waals surface area contributed by atoms with E-state index < -0.39 is 0 Å². The van der Waals surface area contributed by atoms with Crippen LogP contribution in [0.5, 0.6) is 0 Å². The van der Waals surface area contributed by atoms with Gasteiger partial charge >= 0.3 is 5.97 Å². The molecule has 0 amide bonds. The first-order valence-corrected chi connectivity index (χ1v) is 18.9. The van der Waals surface area contributed by atoms with Crippen LogP contribution in [0.4, 0.5) is 0 Å². The van der Waals surface area contributed by atoms with Gasteiger partial charge in [0, 0.05) is 24.8 Å². The van der Waals surface area contributed by atoms with Gasteiger partial charge < -0.3 is 19.9 Å². The van der Waals surface area contributed by atoms with Gasteiger partial charge in [0.25, 0.3) is 0 Å². The van der Waals surface area contributed by atoms with Gasteiger partial charge in [-0.25, -0.2) is 0 Å². The minimum Gasteiger partial charge on any atom is -0.465 e. The summed E-state index contributed by atoms with van der Waals surface area (Å²) in [6, 6.07) is 17.2. The van der Waals surface area contributed by atoms with Crippen LogP contribution in [0.3, 0.4) is 0 Å². The number of benzene rings is 2. The molecule has 5 aliphatic carbocycles. The van der Waals surface area contributed by atoms with Crippen LogP contribution in [0, 0.1) is 35.0 Å². The number of carbonyl (C=O) groups excluding carboxylic acids is 1. The van der Waals surface area contributed by atoms with Crippen LogP contribution in [-0.2, 0) is 14.3 Å². The van der Waals surface area contributed by atoms with E-state index in [2.05, 4.69) is 63.4 Å². The van der Waals surface area contributed by atoms with Gasteiger partial charge in [-0.15, -0.1) is 0 Å². The third-order valence-electron chi connectivity index (χ3n) is 14.3. The van der Waals surface area contributed by atoms with Crippen molar-refractivity contribution in [3.8, 4) is 11.1 Å². The van der Waals surface area contributed by atoms with Crippen LogP contribution in [0.15, 0.2) is 71.3 Å². The van der Waals surface area contributed by atoms with E-state index in [1.165, 1.54) is 67.7 Å². The largest absolute Gasteiger partial charge is 0.465 e. The number of carbonyl (C=O) groups is 1. The van der Waals surface area contributed by atoms with Crippen LogP contribution in [0.2, 0.25) is 0 Å². The van der Waals surface area contributed by atoms with E-state index in [-0.39, 0.29) is 23.6 Å². The summed E-state index contributed by atoms with van der Waals surface area (Å²) < 4.78 is 12.2. The van der Waals surface area contributed by atoms with Gasteiger partial charge in [0.1, 0.15) is 6.61 Å². The maximum Gasteiger partial charge on any atom is 0.302 e. The second-order valence-corrected chi connectivity index (χ2v) is 16.7. The average molecular weight is 650 g/mol. The fourth-order valence-electron chi connectivity index (χ4n) is 11.7. The molecule has 1 spiro atoms. The lowest BCUT2D eigenvalue weighted by atomic mass is 9.56. The van der Waals surface area contributed by atoms with Crippen molar-refractivity contribution in [3.05, 3.63) is 82.5 Å². The molecular weight excluding hydrogens is 594 g/mol. The molecule has 2 aromatic rings. The smallest absolute Gasteiger partial charge is 0.302 e. The van der Waals surface area contributed by atoms with E-state index in [9.17, 15) is 9.90 Å². The van der Waals surface area contributed by atoms with Crippen molar-refractivity contribution in [2.24, 2.45) is 35.0 Å². The van der Waals surface area contributed by atoms with E-state index in [0.29, 0.717) is 30.1 Å². The van der Waals surface area contributed by atoms with Crippen molar-refractivity contribution < 1.29 is 19.4 Å². The number of esters is 1. The van der Waals surface area contributed by atoms with Crippen molar-refractivity contribution >= 4 is 5.97 Å². The normalized spacial score (nSPS) is 39.2. The number of rotatable bonds is 2. The molecule has 0 bridgehead atoms. The van der Waals surface area contributed by atoms with Crippen molar-refractivity contribution in [1.82, 2.24) is 5.32 Å². The maximum atomic E-state index is 11.0. The summed E-state index contributed by atoms with van der Waals surface area (Å²) in [4.78, 5) is 11.0. The molecule has 0 aromatic heterocycles. The predicted octanol–water partition coefficient (Wildman–Crippen LogP) is 8.36. The first-order valence-electron chi connectivity index (χ1n) is 18.9. The lowest BCUT2D eigenvalue weighted by molar-refractivity contribution is -0.141. The zero-order valence-electron chi connectivity index (χ0n) is 29.6. The lowest BCUT2D eigenvalue weighted by Crippen LogP contribution is -2.49. The third kappa shape index (κ3) is 5.09. The number of fused-ring (bicyclic) bond motifs is 9. The number of hydrogen-bond donors (Lipinski definition) is 2. The Kier molecular flexibility index (Phi) is 8.28. The highest BCUT2D eigenvalue weighted by atomic mass is 16.5. The van der Waals surface area contributed by atoms with Gasteiger partial charge in [-0.05, 0) is 122 Å². The topological polar surface area (TPSA) is 67.8 Å². The minimum absolute atomic E-state index is 0.0222. The Balaban J connectivity index is 0.000000160. The summed E-state index contributed by atoms with van der Waals surface area (Å²) >= 11 is 0. The Bertz CT molecular complexity index is 1600. The van der Waals surface area contributed by atoms with Gasteiger partial charge in [-0.1, -0.05) is 86.5 Å². The Morgan fingerprint density at radius 1 is 1.02 bits per heavy atom. The molecule has 10 atom stereocenters. The molecule has 2 aromatic carbocycles. The Morgan fingerprint density at radius 3 is 2.44 bits per heavy atom. The van der Waals surface area contributed by atoms with E-state index in [1.807, 2.05) is 24.3 Å². The second kappa shape index (κ2) is 12.2. The molecule has 4 fully saturated rings. The molecule has 7 aliphatic rings. The lowest BCUT2D eigenvalue weighted by Gasteiger charge is -2.49. The summed E-state index contributed by atoms with van der Waals surface area (Å²) in [6.07, 6.45) is 12.2. The fourth-order valence-corrected chi connectivity index (χ4v) is 11.7. The average Bonchev–Trinajstić information content (AvgIpc) is 3.71. The first kappa shape index (κ1) is 32.5. The third-order valence-corrected chi connectivity index (χ3v) is 14.3. The summed E-state index contributed by atoms with van der Waals surface area (Å²) in [5, 5.41) is 14.1. The van der Waals surface area contributed by atoms with E-state index in [4.69, 9.17) is 9.47 Å². The van der Waals surface area contributed by atoms with Gasteiger partial charge in [-0.2, -0.15) is 0 Å². The number of ether oxygens (including phenoxy) is 2. The predicted molar refractivity (Wildman–Crippen MR) is 190 cm³/mol. The van der Waals surface area contributed by atoms with Crippen LogP contribution in [0.25, 0.3) is 11.1 Å². The van der Waals surface area contributed by atoms with Crippen LogP contribution < -0.4 is 5.32 Å². The highest BCUT2D eigenvalue weighted by molar-refractivity contribution is 5.79. The first-order chi connectivity index (χ1) is 23.1. The Hall–Kier alpha value is -2.73. The Morgan fingerprint density at radius 2 is 1.73 bits per heavy atom. The molecular formula is C43H55NO4. The standard InChI is InChI=1S/C27H41NO2.C16H14O2/c1-15-11-24-25(28-14-15)17(3)27(30-24)10-8-20-21-6-5-18-12-19(29)7-9-26(18,4)23(21)13-22(20)16(27)2;1-11(17)18-10-16-14-8-4-2-6-12(14)13-7-3-5-9-15(13)16/h5,15,17,19-21,23-25,28-29H,6-14H2,1-4H3;2-9,16H,10H2,1H3/t15-,17+,19-,20-,21-,23-,24+,25-,26-,27-;/m0./s1. The van der Waals surface area contributed by atoms with Crippen molar-refractivity contribution in [3.63, 3.8) is 0 Å². The second-order valence-electron chi connectivity index (χ2n) is 16.7. The molecule has 2 saturated carbocycles.